The lowest BCUT2D eigenvalue weighted by Gasteiger charge is -2.36. The van der Waals surface area contributed by atoms with Gasteiger partial charge in [-0.2, -0.15) is 0 Å². The first-order valence-corrected chi connectivity index (χ1v) is 9.35. The number of carbonyl (C=O) groups is 3. The van der Waals surface area contributed by atoms with Crippen LogP contribution in [-0.2, 0) is 20.9 Å². The molecule has 0 atom stereocenters. The molecule has 2 saturated heterocycles. The summed E-state index contributed by atoms with van der Waals surface area (Å²) in [5.74, 6) is -0.489. The standard InChI is InChI=1S/C20H27N3O3/c1-15-3-5-17(6-4-15)13-22-11-12-23(20(26)19(22)25)14-18(24)21-9-7-16(2)8-10-21/h3-6,16H,7-14H2,1-2H3. The molecule has 0 saturated carbocycles. The van der Waals surface area contributed by atoms with Gasteiger partial charge in [0.1, 0.15) is 6.54 Å². The first-order chi connectivity index (χ1) is 12.4. The van der Waals surface area contributed by atoms with Crippen LogP contribution in [0.15, 0.2) is 24.3 Å². The molecule has 6 nitrogen and oxygen atoms in total. The van der Waals surface area contributed by atoms with Crippen molar-refractivity contribution in [3.8, 4) is 0 Å². The van der Waals surface area contributed by atoms with Gasteiger partial charge in [0.25, 0.3) is 0 Å². The third-order valence-corrected chi connectivity index (χ3v) is 5.35. The molecule has 26 heavy (non-hydrogen) atoms. The molecular weight excluding hydrogens is 330 g/mol. The van der Waals surface area contributed by atoms with Crippen LogP contribution in [0.5, 0.6) is 0 Å². The van der Waals surface area contributed by atoms with Crippen molar-refractivity contribution >= 4 is 17.7 Å². The normalized spacial score (nSPS) is 19.2. The minimum absolute atomic E-state index is 0.0112. The summed E-state index contributed by atoms with van der Waals surface area (Å²) in [4.78, 5) is 42.0. The number of piperidine rings is 1. The van der Waals surface area contributed by atoms with E-state index in [4.69, 9.17) is 0 Å². The van der Waals surface area contributed by atoms with Crippen molar-refractivity contribution < 1.29 is 14.4 Å². The van der Waals surface area contributed by atoms with Crippen LogP contribution in [0.2, 0.25) is 0 Å². The van der Waals surface area contributed by atoms with Crippen molar-refractivity contribution in [1.82, 2.24) is 14.7 Å². The molecule has 0 radical (unpaired) electrons. The maximum absolute atomic E-state index is 12.4. The quantitative estimate of drug-likeness (QED) is 0.766. The van der Waals surface area contributed by atoms with Crippen molar-refractivity contribution in [3.05, 3.63) is 35.4 Å². The topological polar surface area (TPSA) is 60.9 Å². The molecule has 0 spiro atoms. The van der Waals surface area contributed by atoms with Gasteiger partial charge >= 0.3 is 11.8 Å². The van der Waals surface area contributed by atoms with Crippen molar-refractivity contribution in [2.75, 3.05) is 32.7 Å². The molecule has 2 aliphatic rings. The Bertz CT molecular complexity index is 678. The molecule has 6 heteroatoms. The van der Waals surface area contributed by atoms with Crippen LogP contribution in [0.25, 0.3) is 0 Å². The fourth-order valence-electron chi connectivity index (χ4n) is 3.45. The zero-order chi connectivity index (χ0) is 18.7. The summed E-state index contributed by atoms with van der Waals surface area (Å²) in [7, 11) is 0. The molecule has 2 heterocycles. The summed E-state index contributed by atoms with van der Waals surface area (Å²) >= 11 is 0. The Morgan fingerprint density at radius 3 is 2.19 bits per heavy atom. The van der Waals surface area contributed by atoms with E-state index in [0.29, 0.717) is 25.6 Å². The van der Waals surface area contributed by atoms with E-state index in [2.05, 4.69) is 6.92 Å². The fraction of sp³-hybridized carbons (Fsp3) is 0.550. The van der Waals surface area contributed by atoms with E-state index in [1.807, 2.05) is 36.1 Å². The van der Waals surface area contributed by atoms with Crippen LogP contribution in [-0.4, -0.2) is 65.1 Å². The highest BCUT2D eigenvalue weighted by Crippen LogP contribution is 2.17. The lowest BCUT2D eigenvalue weighted by atomic mass is 9.99. The second-order valence-corrected chi connectivity index (χ2v) is 7.50. The maximum Gasteiger partial charge on any atom is 0.312 e. The van der Waals surface area contributed by atoms with Crippen molar-refractivity contribution in [1.29, 1.82) is 0 Å². The predicted molar refractivity (Wildman–Crippen MR) is 98.2 cm³/mol. The van der Waals surface area contributed by atoms with Gasteiger partial charge in [0.05, 0.1) is 0 Å². The van der Waals surface area contributed by atoms with Crippen LogP contribution in [0.1, 0.15) is 30.9 Å². The Labute approximate surface area is 154 Å². The van der Waals surface area contributed by atoms with Gasteiger partial charge in [-0.1, -0.05) is 36.8 Å². The largest absolute Gasteiger partial charge is 0.341 e. The molecule has 3 amide bonds. The number of hydrogen-bond donors (Lipinski definition) is 0. The first-order valence-electron chi connectivity index (χ1n) is 9.35. The number of piperazine rings is 1. The van der Waals surface area contributed by atoms with E-state index < -0.39 is 11.8 Å². The Morgan fingerprint density at radius 1 is 0.962 bits per heavy atom. The third kappa shape index (κ3) is 4.23. The SMILES string of the molecule is Cc1ccc(CN2CCN(CC(=O)N3CCC(C)CC3)C(=O)C2=O)cc1. The number of likely N-dealkylation sites (tertiary alicyclic amines) is 1. The van der Waals surface area contributed by atoms with E-state index >= 15 is 0 Å². The van der Waals surface area contributed by atoms with Gasteiger partial charge < -0.3 is 14.7 Å². The highest BCUT2D eigenvalue weighted by molar-refractivity contribution is 6.35. The fourth-order valence-corrected chi connectivity index (χ4v) is 3.45. The van der Waals surface area contributed by atoms with Gasteiger partial charge in [0, 0.05) is 32.7 Å². The maximum atomic E-state index is 12.4. The van der Waals surface area contributed by atoms with Gasteiger partial charge in [-0.15, -0.1) is 0 Å². The zero-order valence-electron chi connectivity index (χ0n) is 15.6. The number of hydrogen-bond acceptors (Lipinski definition) is 3. The van der Waals surface area contributed by atoms with Crippen molar-refractivity contribution in [2.24, 2.45) is 5.92 Å². The zero-order valence-corrected chi connectivity index (χ0v) is 15.6. The average molecular weight is 357 g/mol. The van der Waals surface area contributed by atoms with E-state index in [1.54, 1.807) is 4.90 Å². The number of amides is 3. The number of nitrogens with zero attached hydrogens (tertiary/aromatic N) is 3. The van der Waals surface area contributed by atoms with Gasteiger partial charge in [-0.3, -0.25) is 14.4 Å². The lowest BCUT2D eigenvalue weighted by Crippen LogP contribution is -2.56. The molecule has 2 fully saturated rings. The molecule has 1 aromatic rings. The number of aryl methyl sites for hydroxylation is 1. The van der Waals surface area contributed by atoms with E-state index in [0.717, 1.165) is 37.1 Å². The molecule has 0 unspecified atom stereocenters. The number of rotatable bonds is 4. The van der Waals surface area contributed by atoms with Crippen LogP contribution >= 0.6 is 0 Å². The molecule has 0 aliphatic carbocycles. The number of benzene rings is 1. The summed E-state index contributed by atoms with van der Waals surface area (Å²) in [5.41, 5.74) is 2.16. The molecule has 2 aliphatic heterocycles. The Kier molecular flexibility index (Phi) is 5.59. The molecule has 0 bridgehead atoms. The summed E-state index contributed by atoms with van der Waals surface area (Å²) in [6, 6.07) is 7.94. The minimum atomic E-state index is -0.568. The molecule has 0 N–H and O–H groups in total. The monoisotopic (exact) mass is 357 g/mol. The highest BCUT2D eigenvalue weighted by Gasteiger charge is 2.34. The lowest BCUT2D eigenvalue weighted by molar-refractivity contribution is -0.158. The summed E-state index contributed by atoms with van der Waals surface area (Å²) in [6.45, 7) is 7.00. The molecule has 3 rings (SSSR count). The van der Waals surface area contributed by atoms with E-state index in [-0.39, 0.29) is 12.5 Å². The van der Waals surface area contributed by atoms with Crippen LogP contribution in [0.4, 0.5) is 0 Å². The van der Waals surface area contributed by atoms with E-state index in [1.165, 1.54) is 4.90 Å². The van der Waals surface area contributed by atoms with Gasteiger partial charge in [-0.05, 0) is 31.2 Å². The highest BCUT2D eigenvalue weighted by atomic mass is 16.2. The molecule has 1 aromatic carbocycles. The molecule has 0 aromatic heterocycles. The second-order valence-electron chi connectivity index (χ2n) is 7.50. The Hall–Kier alpha value is -2.37. The third-order valence-electron chi connectivity index (χ3n) is 5.35. The minimum Gasteiger partial charge on any atom is -0.341 e. The van der Waals surface area contributed by atoms with Gasteiger partial charge in [0.2, 0.25) is 5.91 Å². The smallest absolute Gasteiger partial charge is 0.312 e. The Morgan fingerprint density at radius 2 is 1.54 bits per heavy atom. The second kappa shape index (κ2) is 7.89. The van der Waals surface area contributed by atoms with Crippen LogP contribution < -0.4 is 0 Å². The van der Waals surface area contributed by atoms with Crippen LogP contribution in [0, 0.1) is 12.8 Å². The van der Waals surface area contributed by atoms with Crippen molar-refractivity contribution in [2.45, 2.75) is 33.2 Å². The van der Waals surface area contributed by atoms with E-state index in [9.17, 15) is 14.4 Å². The number of carbonyl (C=O) groups excluding carboxylic acids is 3. The molecular formula is C20H27N3O3. The average Bonchev–Trinajstić information content (AvgIpc) is 2.63. The Balaban J connectivity index is 1.54. The summed E-state index contributed by atoms with van der Waals surface area (Å²) in [5, 5.41) is 0. The molecule has 140 valence electrons. The predicted octanol–water partition coefficient (Wildman–Crippen LogP) is 1.42. The van der Waals surface area contributed by atoms with Gasteiger partial charge in [0.15, 0.2) is 0 Å². The van der Waals surface area contributed by atoms with Gasteiger partial charge in [-0.25, -0.2) is 0 Å². The summed E-state index contributed by atoms with van der Waals surface area (Å²) in [6.07, 6.45) is 2.01. The summed E-state index contributed by atoms with van der Waals surface area (Å²) < 4.78 is 0. The van der Waals surface area contributed by atoms with Crippen LogP contribution in [0.3, 0.4) is 0 Å². The van der Waals surface area contributed by atoms with Crippen molar-refractivity contribution in [3.63, 3.8) is 0 Å². The first kappa shape index (κ1) is 18.4.